The minimum Gasteiger partial charge on any atom is -0.496 e. The Hall–Kier alpha value is -3.06. The number of hydrogen-bond acceptors (Lipinski definition) is 4. The first-order valence-electron chi connectivity index (χ1n) is 6.67. The van der Waals surface area contributed by atoms with Gasteiger partial charge in [-0.2, -0.15) is 5.26 Å². The Morgan fingerprint density at radius 2 is 1.95 bits per heavy atom. The van der Waals surface area contributed by atoms with Crippen molar-refractivity contribution < 1.29 is 14.3 Å². The third-order valence-corrected chi connectivity index (χ3v) is 2.95. The Morgan fingerprint density at radius 1 is 1.18 bits per heavy atom. The van der Waals surface area contributed by atoms with Crippen molar-refractivity contribution in [2.24, 2.45) is 0 Å². The molecule has 0 aliphatic rings. The zero-order chi connectivity index (χ0) is 15.9. The number of carbonyl (C=O) groups excluding carboxylic acids is 1. The van der Waals surface area contributed by atoms with E-state index in [9.17, 15) is 10.1 Å². The van der Waals surface area contributed by atoms with Gasteiger partial charge in [-0.05, 0) is 35.9 Å². The number of nitriles is 1. The van der Waals surface area contributed by atoms with E-state index in [4.69, 9.17) is 9.47 Å². The largest absolute Gasteiger partial charge is 0.496 e. The molecule has 0 N–H and O–H groups in total. The van der Waals surface area contributed by atoms with Crippen LogP contribution in [0.3, 0.4) is 0 Å². The van der Waals surface area contributed by atoms with Crippen LogP contribution >= 0.6 is 0 Å². The van der Waals surface area contributed by atoms with Gasteiger partial charge in [0.25, 0.3) is 0 Å². The summed E-state index contributed by atoms with van der Waals surface area (Å²) in [7, 11) is 1.56. The summed E-state index contributed by atoms with van der Waals surface area (Å²) in [5, 5.41) is 9.42. The van der Waals surface area contributed by atoms with Gasteiger partial charge in [-0.1, -0.05) is 24.3 Å². The second kappa shape index (κ2) is 7.09. The number of allylic oxidation sites excluding steroid dienone is 1. The lowest BCUT2D eigenvalue weighted by Crippen LogP contribution is -2.01. The minimum atomic E-state index is -0.383. The molecule has 0 bridgehead atoms. The van der Waals surface area contributed by atoms with E-state index in [1.54, 1.807) is 37.5 Å². The number of hydrogen-bond donors (Lipinski definition) is 0. The summed E-state index contributed by atoms with van der Waals surface area (Å²) >= 11 is 0. The van der Waals surface area contributed by atoms with Crippen molar-refractivity contribution in [1.82, 2.24) is 0 Å². The van der Waals surface area contributed by atoms with E-state index in [1.807, 2.05) is 24.3 Å². The number of ether oxygens (including phenoxy) is 2. The highest BCUT2D eigenvalue weighted by Gasteiger charge is 2.08. The van der Waals surface area contributed by atoms with E-state index in [2.05, 4.69) is 6.07 Å². The van der Waals surface area contributed by atoms with Crippen LogP contribution in [0.15, 0.2) is 48.5 Å². The summed E-state index contributed by atoms with van der Waals surface area (Å²) in [6.07, 6.45) is 1.73. The van der Waals surface area contributed by atoms with Crippen molar-refractivity contribution in [3.05, 3.63) is 59.7 Å². The van der Waals surface area contributed by atoms with Crippen LogP contribution in [-0.4, -0.2) is 13.1 Å². The molecule has 4 heteroatoms. The summed E-state index contributed by atoms with van der Waals surface area (Å²) in [6.45, 7) is 1.35. The topological polar surface area (TPSA) is 59.3 Å². The van der Waals surface area contributed by atoms with E-state index in [0.717, 1.165) is 5.56 Å². The Labute approximate surface area is 129 Å². The first-order valence-corrected chi connectivity index (χ1v) is 6.67. The molecule has 0 fully saturated rings. The van der Waals surface area contributed by atoms with E-state index >= 15 is 0 Å². The Bertz CT molecular complexity index is 757. The molecule has 0 saturated carbocycles. The maximum absolute atomic E-state index is 11.0. The summed E-state index contributed by atoms with van der Waals surface area (Å²) in [5.41, 5.74) is 1.95. The van der Waals surface area contributed by atoms with Gasteiger partial charge in [-0.25, -0.2) is 0 Å². The predicted octanol–water partition coefficient (Wildman–Crippen LogP) is 3.68. The third-order valence-electron chi connectivity index (χ3n) is 2.95. The maximum Gasteiger partial charge on any atom is 0.308 e. The van der Waals surface area contributed by atoms with Crippen LogP contribution < -0.4 is 9.47 Å². The van der Waals surface area contributed by atoms with Crippen molar-refractivity contribution in [3.8, 4) is 17.6 Å². The Morgan fingerprint density at radius 3 is 2.64 bits per heavy atom. The fourth-order valence-electron chi connectivity index (χ4n) is 2.04. The highest BCUT2D eigenvalue weighted by molar-refractivity contribution is 5.91. The SMILES string of the molecule is COc1ccccc1/C(C#N)=C\c1cccc(OC(C)=O)c1. The van der Waals surface area contributed by atoms with Gasteiger partial charge >= 0.3 is 5.97 Å². The van der Waals surface area contributed by atoms with Gasteiger partial charge in [-0.3, -0.25) is 4.79 Å². The monoisotopic (exact) mass is 293 g/mol. The summed E-state index contributed by atoms with van der Waals surface area (Å²) in [6, 6.07) is 16.5. The van der Waals surface area contributed by atoms with Crippen LogP contribution in [0, 0.1) is 11.3 Å². The molecule has 4 nitrogen and oxygen atoms in total. The van der Waals surface area contributed by atoms with E-state index < -0.39 is 0 Å². The lowest BCUT2D eigenvalue weighted by atomic mass is 10.0. The first kappa shape index (κ1) is 15.3. The van der Waals surface area contributed by atoms with Gasteiger partial charge < -0.3 is 9.47 Å². The Kier molecular flexibility index (Phi) is 4.94. The minimum absolute atomic E-state index is 0.383. The molecule has 0 aromatic heterocycles. The number of rotatable bonds is 4. The van der Waals surface area contributed by atoms with Gasteiger partial charge in [0, 0.05) is 12.5 Å². The second-order valence-corrected chi connectivity index (χ2v) is 4.54. The molecule has 0 atom stereocenters. The molecule has 0 amide bonds. The number of esters is 1. The van der Waals surface area contributed by atoms with E-state index in [0.29, 0.717) is 22.6 Å². The summed E-state index contributed by atoms with van der Waals surface area (Å²) in [5.74, 6) is 0.691. The zero-order valence-electron chi connectivity index (χ0n) is 12.4. The van der Waals surface area contributed by atoms with Crippen LogP contribution in [0.2, 0.25) is 0 Å². The standard InChI is InChI=1S/C18H15NO3/c1-13(20)22-16-7-5-6-14(11-16)10-15(12-19)17-8-3-4-9-18(17)21-2/h3-11H,1-2H3/b15-10-. The van der Waals surface area contributed by atoms with Crippen LogP contribution in [0.4, 0.5) is 0 Å². The quantitative estimate of drug-likeness (QED) is 0.373. The molecule has 2 aromatic rings. The first-order chi connectivity index (χ1) is 10.6. The molecule has 0 heterocycles. The van der Waals surface area contributed by atoms with Gasteiger partial charge in [0.05, 0.1) is 18.8 Å². The molecule has 0 aliphatic carbocycles. The number of para-hydroxylation sites is 1. The van der Waals surface area contributed by atoms with Gasteiger partial charge in [0.1, 0.15) is 11.5 Å². The maximum atomic E-state index is 11.0. The molecule has 0 aliphatic heterocycles. The number of carbonyl (C=O) groups is 1. The van der Waals surface area contributed by atoms with Crippen molar-refractivity contribution in [2.45, 2.75) is 6.92 Å². The molecule has 22 heavy (non-hydrogen) atoms. The molecular weight excluding hydrogens is 278 g/mol. The molecule has 0 spiro atoms. The fourth-order valence-corrected chi connectivity index (χ4v) is 2.04. The highest BCUT2D eigenvalue weighted by atomic mass is 16.5. The second-order valence-electron chi connectivity index (χ2n) is 4.54. The molecule has 110 valence electrons. The lowest BCUT2D eigenvalue weighted by Gasteiger charge is -2.07. The summed E-state index contributed by atoms with van der Waals surface area (Å²) in [4.78, 5) is 11.0. The summed E-state index contributed by atoms with van der Waals surface area (Å²) < 4.78 is 10.3. The Balaban J connectivity index is 2.41. The van der Waals surface area contributed by atoms with Crippen molar-refractivity contribution in [1.29, 1.82) is 5.26 Å². The zero-order valence-corrected chi connectivity index (χ0v) is 12.4. The molecule has 2 aromatic carbocycles. The number of methoxy groups -OCH3 is 1. The van der Waals surface area contributed by atoms with Crippen LogP contribution in [0.5, 0.6) is 11.5 Å². The fraction of sp³-hybridized carbons (Fsp3) is 0.111. The predicted molar refractivity (Wildman–Crippen MR) is 84.2 cm³/mol. The van der Waals surface area contributed by atoms with Crippen LogP contribution in [0.1, 0.15) is 18.1 Å². The van der Waals surface area contributed by atoms with Gasteiger partial charge in [0.15, 0.2) is 0 Å². The molecule has 2 rings (SSSR count). The number of nitrogens with zero attached hydrogens (tertiary/aromatic N) is 1. The molecule has 0 radical (unpaired) electrons. The van der Waals surface area contributed by atoms with Crippen molar-refractivity contribution >= 4 is 17.6 Å². The average molecular weight is 293 g/mol. The number of benzene rings is 2. The van der Waals surface area contributed by atoms with E-state index in [1.165, 1.54) is 6.92 Å². The van der Waals surface area contributed by atoms with Crippen molar-refractivity contribution in [3.63, 3.8) is 0 Å². The lowest BCUT2D eigenvalue weighted by molar-refractivity contribution is -0.131. The van der Waals surface area contributed by atoms with Gasteiger partial charge in [0.2, 0.25) is 0 Å². The molecular formula is C18H15NO3. The van der Waals surface area contributed by atoms with E-state index in [-0.39, 0.29) is 5.97 Å². The third kappa shape index (κ3) is 3.74. The molecule has 0 unspecified atom stereocenters. The van der Waals surface area contributed by atoms with Crippen LogP contribution in [0.25, 0.3) is 11.6 Å². The van der Waals surface area contributed by atoms with Crippen molar-refractivity contribution in [2.75, 3.05) is 7.11 Å². The smallest absolute Gasteiger partial charge is 0.308 e. The normalized spacial score (nSPS) is 10.7. The highest BCUT2D eigenvalue weighted by Crippen LogP contribution is 2.27. The average Bonchev–Trinajstić information content (AvgIpc) is 2.52. The van der Waals surface area contributed by atoms with Gasteiger partial charge in [-0.15, -0.1) is 0 Å². The molecule has 0 saturated heterocycles. The van der Waals surface area contributed by atoms with Crippen LogP contribution in [-0.2, 0) is 4.79 Å².